The Morgan fingerprint density at radius 3 is 2.74 bits per heavy atom. The average molecular weight is 303 g/mol. The number of rotatable bonds is 4. The molecule has 1 aliphatic rings. The fraction of sp³-hybridized carbons (Fsp3) is 0.750. The van der Waals surface area contributed by atoms with Crippen LogP contribution in [0.25, 0.3) is 0 Å². The SMILES string of the molecule is CC(C)C(=O)NC1CCN(Cc2nnsc2Cl)CC1. The lowest BCUT2D eigenvalue weighted by molar-refractivity contribution is -0.125. The fourth-order valence-corrected chi connectivity index (χ4v) is 2.72. The Kier molecular flexibility index (Phi) is 5.13. The van der Waals surface area contributed by atoms with Gasteiger partial charge in [-0.1, -0.05) is 29.9 Å². The number of carbonyl (C=O) groups excluding carboxylic acids is 1. The zero-order valence-electron chi connectivity index (χ0n) is 11.2. The van der Waals surface area contributed by atoms with Gasteiger partial charge in [0.15, 0.2) is 0 Å². The lowest BCUT2D eigenvalue weighted by Crippen LogP contribution is -2.45. The van der Waals surface area contributed by atoms with Crippen LogP contribution in [-0.4, -0.2) is 39.5 Å². The van der Waals surface area contributed by atoms with E-state index < -0.39 is 0 Å². The molecule has 1 N–H and O–H groups in total. The summed E-state index contributed by atoms with van der Waals surface area (Å²) in [7, 11) is 0. The molecule has 106 valence electrons. The predicted molar refractivity (Wildman–Crippen MR) is 76.2 cm³/mol. The second kappa shape index (κ2) is 6.63. The Labute approximate surface area is 122 Å². The summed E-state index contributed by atoms with van der Waals surface area (Å²) in [5.74, 6) is 0.197. The van der Waals surface area contributed by atoms with Crippen LogP contribution in [0.3, 0.4) is 0 Å². The Balaban J connectivity index is 1.76. The molecule has 0 saturated carbocycles. The number of hydrogen-bond donors (Lipinski definition) is 1. The molecule has 1 aliphatic heterocycles. The van der Waals surface area contributed by atoms with E-state index in [4.69, 9.17) is 11.6 Å². The Hall–Kier alpha value is -0.720. The minimum atomic E-state index is 0.0536. The summed E-state index contributed by atoms with van der Waals surface area (Å²) in [5.41, 5.74) is 0.858. The molecule has 5 nitrogen and oxygen atoms in total. The van der Waals surface area contributed by atoms with E-state index in [9.17, 15) is 4.79 Å². The van der Waals surface area contributed by atoms with Crippen molar-refractivity contribution >= 4 is 29.0 Å². The van der Waals surface area contributed by atoms with Crippen molar-refractivity contribution < 1.29 is 4.79 Å². The van der Waals surface area contributed by atoms with Gasteiger partial charge >= 0.3 is 0 Å². The molecule has 2 heterocycles. The maximum Gasteiger partial charge on any atom is 0.222 e. The third-order valence-corrected chi connectivity index (χ3v) is 4.33. The maximum absolute atomic E-state index is 11.6. The van der Waals surface area contributed by atoms with Crippen LogP contribution in [0.5, 0.6) is 0 Å². The van der Waals surface area contributed by atoms with Gasteiger partial charge in [-0.25, -0.2) is 0 Å². The summed E-state index contributed by atoms with van der Waals surface area (Å²) < 4.78 is 4.51. The molecule has 0 bridgehead atoms. The molecule has 1 saturated heterocycles. The third-order valence-electron chi connectivity index (χ3n) is 3.34. The van der Waals surface area contributed by atoms with Crippen LogP contribution in [0.15, 0.2) is 0 Å². The van der Waals surface area contributed by atoms with Gasteiger partial charge in [-0.05, 0) is 12.8 Å². The Bertz CT molecular complexity index is 429. The van der Waals surface area contributed by atoms with Crippen molar-refractivity contribution in [3.63, 3.8) is 0 Å². The lowest BCUT2D eigenvalue weighted by Gasteiger charge is -2.32. The number of carbonyl (C=O) groups is 1. The molecule has 0 unspecified atom stereocenters. The number of hydrogen-bond acceptors (Lipinski definition) is 5. The minimum absolute atomic E-state index is 0.0536. The summed E-state index contributed by atoms with van der Waals surface area (Å²) in [6.45, 7) is 6.50. The summed E-state index contributed by atoms with van der Waals surface area (Å²) >= 11 is 7.23. The second-order valence-corrected chi connectivity index (χ2v) is 6.56. The van der Waals surface area contributed by atoms with Gasteiger partial charge in [0.1, 0.15) is 10.0 Å². The third kappa shape index (κ3) is 4.12. The number of likely N-dealkylation sites (tertiary alicyclic amines) is 1. The Morgan fingerprint density at radius 1 is 1.53 bits per heavy atom. The molecule has 19 heavy (non-hydrogen) atoms. The van der Waals surface area contributed by atoms with Gasteiger partial charge in [-0.2, -0.15) is 0 Å². The van der Waals surface area contributed by atoms with Gasteiger partial charge in [0.25, 0.3) is 0 Å². The van der Waals surface area contributed by atoms with Gasteiger partial charge in [0.05, 0.1) is 0 Å². The fourth-order valence-electron chi connectivity index (χ4n) is 2.11. The number of piperidine rings is 1. The Morgan fingerprint density at radius 2 is 2.21 bits per heavy atom. The van der Waals surface area contributed by atoms with Gasteiger partial charge in [0, 0.05) is 43.1 Å². The van der Waals surface area contributed by atoms with E-state index in [-0.39, 0.29) is 11.8 Å². The molecule has 2 rings (SSSR count). The number of nitrogens with one attached hydrogen (secondary N) is 1. The molecule has 0 atom stereocenters. The largest absolute Gasteiger partial charge is 0.353 e. The maximum atomic E-state index is 11.6. The molecule has 7 heteroatoms. The van der Waals surface area contributed by atoms with Crippen molar-refractivity contribution in [3.8, 4) is 0 Å². The zero-order chi connectivity index (χ0) is 13.8. The number of amides is 1. The molecule has 0 spiro atoms. The quantitative estimate of drug-likeness (QED) is 0.923. The van der Waals surface area contributed by atoms with Crippen molar-refractivity contribution in [2.24, 2.45) is 5.92 Å². The van der Waals surface area contributed by atoms with Gasteiger partial charge in [-0.3, -0.25) is 9.69 Å². The van der Waals surface area contributed by atoms with Crippen molar-refractivity contribution in [1.29, 1.82) is 0 Å². The first-order chi connectivity index (χ1) is 9.06. The van der Waals surface area contributed by atoms with E-state index in [2.05, 4.69) is 19.8 Å². The highest BCUT2D eigenvalue weighted by atomic mass is 35.5. The van der Waals surface area contributed by atoms with Gasteiger partial charge < -0.3 is 5.32 Å². The first kappa shape index (κ1) is 14.7. The molecular formula is C12H19ClN4OS. The summed E-state index contributed by atoms with van der Waals surface area (Å²) in [6.07, 6.45) is 1.96. The highest BCUT2D eigenvalue weighted by molar-refractivity contribution is 7.10. The molecule has 1 fully saturated rings. The molecule has 1 aromatic heterocycles. The molecule has 1 amide bonds. The molecule has 0 aromatic carbocycles. The number of halogens is 1. The highest BCUT2D eigenvalue weighted by Gasteiger charge is 2.22. The summed E-state index contributed by atoms with van der Waals surface area (Å²) in [5, 5.41) is 7.12. The van der Waals surface area contributed by atoms with E-state index in [1.54, 1.807) is 0 Å². The van der Waals surface area contributed by atoms with Crippen LogP contribution in [0.2, 0.25) is 4.34 Å². The molecule has 1 aromatic rings. The normalized spacial score (nSPS) is 17.9. The second-order valence-electron chi connectivity index (χ2n) is 5.21. The first-order valence-corrected chi connectivity index (χ1v) is 7.71. The average Bonchev–Trinajstić information content (AvgIpc) is 2.77. The van der Waals surface area contributed by atoms with Gasteiger partial charge in [0.2, 0.25) is 5.91 Å². The van der Waals surface area contributed by atoms with E-state index >= 15 is 0 Å². The van der Waals surface area contributed by atoms with Crippen molar-refractivity contribution in [2.75, 3.05) is 13.1 Å². The molecule has 0 aliphatic carbocycles. The van der Waals surface area contributed by atoms with Crippen LogP contribution in [0, 0.1) is 5.92 Å². The van der Waals surface area contributed by atoms with Crippen LogP contribution in [0.4, 0.5) is 0 Å². The zero-order valence-corrected chi connectivity index (χ0v) is 12.8. The number of nitrogens with zero attached hydrogens (tertiary/aromatic N) is 3. The van der Waals surface area contributed by atoms with E-state index in [0.717, 1.165) is 38.2 Å². The molecule has 0 radical (unpaired) electrons. The topological polar surface area (TPSA) is 58.1 Å². The summed E-state index contributed by atoms with van der Waals surface area (Å²) in [4.78, 5) is 13.9. The monoisotopic (exact) mass is 302 g/mol. The van der Waals surface area contributed by atoms with Crippen LogP contribution < -0.4 is 5.32 Å². The van der Waals surface area contributed by atoms with Crippen molar-refractivity contribution in [3.05, 3.63) is 10.0 Å². The van der Waals surface area contributed by atoms with Crippen LogP contribution in [-0.2, 0) is 11.3 Å². The van der Waals surface area contributed by atoms with E-state index in [1.807, 2.05) is 13.8 Å². The minimum Gasteiger partial charge on any atom is -0.353 e. The van der Waals surface area contributed by atoms with E-state index in [0.29, 0.717) is 10.4 Å². The van der Waals surface area contributed by atoms with Crippen LogP contribution >= 0.6 is 23.1 Å². The predicted octanol–water partition coefficient (Wildman–Crippen LogP) is 1.93. The summed E-state index contributed by atoms with van der Waals surface area (Å²) in [6, 6.07) is 0.301. The van der Waals surface area contributed by atoms with Crippen molar-refractivity contribution in [2.45, 2.75) is 39.3 Å². The standard InChI is InChI=1S/C12H19ClN4OS/c1-8(2)12(18)14-9-3-5-17(6-4-9)7-10-11(13)19-16-15-10/h8-9H,3-7H2,1-2H3,(H,14,18). The highest BCUT2D eigenvalue weighted by Crippen LogP contribution is 2.20. The van der Waals surface area contributed by atoms with E-state index in [1.165, 1.54) is 11.5 Å². The first-order valence-electron chi connectivity index (χ1n) is 6.55. The van der Waals surface area contributed by atoms with Crippen molar-refractivity contribution in [1.82, 2.24) is 19.8 Å². The number of aromatic nitrogens is 2. The lowest BCUT2D eigenvalue weighted by atomic mass is 10.0. The van der Waals surface area contributed by atoms with Crippen LogP contribution in [0.1, 0.15) is 32.4 Å². The van der Waals surface area contributed by atoms with Gasteiger partial charge in [-0.15, -0.1) is 5.10 Å². The molecular weight excluding hydrogens is 284 g/mol. The smallest absolute Gasteiger partial charge is 0.222 e.